The monoisotopic (exact) mass is 2200 g/mol. The van der Waals surface area contributed by atoms with E-state index in [4.69, 9.17) is 109 Å². The summed E-state index contributed by atoms with van der Waals surface area (Å²) in [5, 5.41) is 42.3. The number of nitro benzene ring substituents is 3. The Balaban J connectivity index is 0.000000224. The molecule has 0 fully saturated rings. The maximum absolute atomic E-state index is 12.6. The van der Waals surface area contributed by atoms with Crippen LogP contribution in [0.5, 0.6) is 11.5 Å². The van der Waals surface area contributed by atoms with Crippen LogP contribution in [0, 0.1) is 30.3 Å². The Hall–Kier alpha value is -13.8. The molecule has 29 nitrogen and oxygen atoms in total. The molecule has 0 aliphatic carbocycles. The summed E-state index contributed by atoms with van der Waals surface area (Å²) in [4.78, 5) is 75.0. The molecule has 0 saturated heterocycles. The van der Waals surface area contributed by atoms with Crippen LogP contribution in [0.3, 0.4) is 0 Å². The molecule has 143 heavy (non-hydrogen) atoms. The molecule has 3 amide bonds. The number of hydrogen-bond acceptors (Lipinski definition) is 25. The Bertz CT molecular complexity index is 7380. The van der Waals surface area contributed by atoms with Crippen LogP contribution >= 0.6 is 117 Å². The number of nitro groups is 3. The minimum absolute atomic E-state index is 0. The summed E-state index contributed by atoms with van der Waals surface area (Å²) in [7, 11) is -14.6. The van der Waals surface area contributed by atoms with Gasteiger partial charge in [-0.05, 0) is 278 Å². The number of anilines is 3. The minimum atomic E-state index is -3.71. The van der Waals surface area contributed by atoms with Crippen LogP contribution in [0.25, 0.3) is 0 Å². The lowest BCUT2D eigenvalue weighted by molar-refractivity contribution is -0.385. The van der Waals surface area contributed by atoms with Gasteiger partial charge < -0.3 is 31.6 Å². The average Bonchev–Trinajstić information content (AvgIpc) is 0.815. The predicted octanol–water partition coefficient (Wildman–Crippen LogP) is 27.4. The van der Waals surface area contributed by atoms with Crippen molar-refractivity contribution in [3.63, 3.8) is 0 Å². The van der Waals surface area contributed by atoms with E-state index in [-0.39, 0.29) is 63.7 Å². The van der Waals surface area contributed by atoms with Crippen LogP contribution in [0.2, 0.25) is 35.2 Å². The van der Waals surface area contributed by atoms with Crippen molar-refractivity contribution in [2.75, 3.05) is 16.4 Å². The predicted molar refractivity (Wildman–Crippen MR) is 563 cm³/mol. The molecular weight excluding hydrogens is 2120 g/mol. The van der Waals surface area contributed by atoms with E-state index >= 15 is 0 Å². The third-order valence-electron chi connectivity index (χ3n) is 17.8. The molecule has 0 aliphatic rings. The van der Waals surface area contributed by atoms with Gasteiger partial charge in [0.2, 0.25) is 39.3 Å². The number of nitrogens with one attached hydrogen (secondary N) is 3. The van der Waals surface area contributed by atoms with Crippen molar-refractivity contribution in [2.45, 2.75) is 74.4 Å². The van der Waals surface area contributed by atoms with Crippen molar-refractivity contribution >= 4 is 208 Å². The molecule has 738 valence electrons. The van der Waals surface area contributed by atoms with Gasteiger partial charge in [0.05, 0.1) is 53.9 Å². The number of non-ortho nitro benzene ring substituents is 3. The van der Waals surface area contributed by atoms with E-state index in [2.05, 4.69) is 43.3 Å². The van der Waals surface area contributed by atoms with Gasteiger partial charge in [-0.2, -0.15) is 0 Å². The maximum Gasteiger partial charge on any atom is 0.417 e. The van der Waals surface area contributed by atoms with Crippen LogP contribution in [-0.2, 0) is 52.4 Å². The number of sulfone groups is 4. The highest BCUT2D eigenvalue weighted by Gasteiger charge is 2.23. The highest BCUT2D eigenvalue weighted by molar-refractivity contribution is 7.99. The standard InChI is InChI=1S/C19H16ClN3O3S.C19H14ClNO4S.C12H8ClNO4S.C12H10ClNO2S.C12H8ClNO2S.C7H5ClO2.C6H4ClNO2.C6H5ClS.C6H8N2.CH4/c20-15-2-1-3-18(12-15)27(25,26)17-6-4-16(5-7-17)23-19(24)22-13-14-8-10-21-11-9-14;20-14-5-4-8-18(13-14)26(23,24)17-11-9-15(10-12-17)21-19(22)25-16-6-2-1-3-7-16;13-9-2-1-3-12(8-9)19(17,18)11-6-4-10(5-7-11)14(15)16;13-9-2-1-3-12(8-9)17(15,16)11-6-4-10(14)5-7-11;13-9-2-1-3-12(8-9)17-11-6-4-10(5-7-11)14(15)16;8-7(9)10-6-4-2-1-3-5-6;7-5-1-3-6(4-2-5)8(9)10;7-5-2-1-3-6(8)4-5;7-5-6-1-3-8-4-2-6;/h1-12H,13H2,(H2,22,23,24);1-13H,(H,21,22);1-8H;1-8H,14H2;1-8H;1-5H;1-4H;1-4,8H;1-4H,5,7H2;1H4. The average molecular weight is 2200 g/mol. The second kappa shape index (κ2) is 58.5. The number of benzene rings is 14. The summed E-state index contributed by atoms with van der Waals surface area (Å²) in [5.74, 6) is 0.868. The Morgan fingerprint density at radius 3 is 1.01 bits per heavy atom. The summed E-state index contributed by atoms with van der Waals surface area (Å²) >= 11 is 50.8. The number of urea groups is 1. The van der Waals surface area contributed by atoms with Gasteiger partial charge in [-0.15, -0.1) is 12.6 Å². The van der Waals surface area contributed by atoms with Crippen molar-refractivity contribution in [2.24, 2.45) is 5.73 Å². The molecule has 2 heterocycles. The number of carbonyl (C=O) groups excluding carboxylic acids is 3. The Morgan fingerprint density at radius 1 is 0.350 bits per heavy atom. The molecule has 0 radical (unpaired) electrons. The fraction of sp³-hybridized carbons (Fsp3) is 0.0300. The lowest BCUT2D eigenvalue weighted by atomic mass is 10.3. The van der Waals surface area contributed by atoms with Gasteiger partial charge >= 0.3 is 17.6 Å². The number of nitrogens with zero attached hydrogens (tertiary/aromatic N) is 5. The molecule has 14 aromatic carbocycles. The first kappa shape index (κ1) is 116. The molecule has 43 heteroatoms. The van der Waals surface area contributed by atoms with E-state index in [1.807, 2.05) is 60.7 Å². The van der Waals surface area contributed by atoms with Gasteiger partial charge in [0, 0.05) is 153 Å². The quantitative estimate of drug-likeness (QED) is 0.0136. The molecule has 2 aromatic heterocycles. The highest BCUT2D eigenvalue weighted by Crippen LogP contribution is 2.33. The first-order chi connectivity index (χ1) is 67.7. The summed E-state index contributed by atoms with van der Waals surface area (Å²) in [5.41, 5.74) is 13.5. The molecular formula is C100H82Cl8N10O19S6. The lowest BCUT2D eigenvalue weighted by Gasteiger charge is -2.09. The van der Waals surface area contributed by atoms with Gasteiger partial charge in [-0.25, -0.2) is 48.1 Å². The molecule has 0 spiro atoms. The van der Waals surface area contributed by atoms with Gasteiger partial charge in [0.25, 0.3) is 17.1 Å². The van der Waals surface area contributed by atoms with E-state index in [1.54, 1.807) is 164 Å². The van der Waals surface area contributed by atoms with Crippen LogP contribution in [0.1, 0.15) is 18.6 Å². The minimum Gasteiger partial charge on any atom is -0.415 e. The second-order valence-electron chi connectivity index (χ2n) is 27.9. The van der Waals surface area contributed by atoms with Crippen LogP contribution in [0.15, 0.2) is 455 Å². The maximum atomic E-state index is 12.6. The van der Waals surface area contributed by atoms with Gasteiger partial charge in [0.15, 0.2) is 0 Å². The first-order valence-corrected chi connectivity index (χ1v) is 50.7. The zero-order chi connectivity index (χ0) is 103. The number of rotatable bonds is 20. The molecule has 0 unspecified atom stereocenters. The number of ether oxygens (including phenoxy) is 2. The van der Waals surface area contributed by atoms with Crippen LogP contribution < -0.4 is 36.9 Å². The number of thiol groups is 1. The van der Waals surface area contributed by atoms with E-state index in [0.29, 0.717) is 71.8 Å². The van der Waals surface area contributed by atoms with Crippen molar-refractivity contribution < 1.29 is 72.3 Å². The van der Waals surface area contributed by atoms with Crippen LogP contribution in [0.4, 0.5) is 48.5 Å². The zero-order valence-corrected chi connectivity index (χ0v) is 84.2. The number of hydrogen-bond donors (Lipinski definition) is 6. The summed E-state index contributed by atoms with van der Waals surface area (Å²) in [6.45, 7) is 0.956. The van der Waals surface area contributed by atoms with Crippen molar-refractivity contribution in [1.82, 2.24) is 15.3 Å². The molecule has 0 aliphatic heterocycles. The van der Waals surface area contributed by atoms with Crippen molar-refractivity contribution in [1.29, 1.82) is 0 Å². The number of nitrogens with two attached hydrogens (primary N) is 2. The number of carbonyl (C=O) groups is 3. The largest absolute Gasteiger partial charge is 0.417 e. The fourth-order valence-corrected chi connectivity index (χ4v) is 19.0. The summed E-state index contributed by atoms with van der Waals surface area (Å²) in [6.07, 6.45) is 6.11. The lowest BCUT2D eigenvalue weighted by Crippen LogP contribution is -2.28. The SMILES string of the molecule is C.NCc1ccncc1.Nc1ccc(S(=O)(=O)c2cccc(Cl)c2)cc1.O=C(Cl)Oc1ccccc1.O=C(NCc1ccncc1)Nc1ccc(S(=O)(=O)c2cccc(Cl)c2)cc1.O=C(Nc1ccc(S(=O)(=O)c2cccc(Cl)c2)cc1)Oc1ccccc1.O=[N+]([O-])c1ccc(Cl)cc1.O=[N+]([O-])c1ccc(S(=O)(=O)c2cccc(Cl)c2)cc1.O=[N+]([O-])c1ccc(Sc2cccc(Cl)c2)cc1.Sc1cccc(Cl)c1. The zero-order valence-electron chi connectivity index (χ0n) is 73.2. The second-order valence-corrected chi connectivity index (χ2v) is 40.8. The molecule has 0 bridgehead atoms. The van der Waals surface area contributed by atoms with E-state index in [9.17, 15) is 78.4 Å². The first-order valence-electron chi connectivity index (χ1n) is 40.5. The summed E-state index contributed by atoms with van der Waals surface area (Å²) in [6, 6.07) is 97.9. The van der Waals surface area contributed by atoms with Crippen molar-refractivity contribution in [3.05, 3.63) is 478 Å². The molecule has 7 N–H and O–H groups in total. The third-order valence-corrected chi connectivity index (χ3v) is 27.9. The molecule has 0 saturated carbocycles. The summed E-state index contributed by atoms with van der Waals surface area (Å²) < 4.78 is 109. The molecule has 0 atom stereocenters. The molecule has 16 aromatic rings. The number of aromatic nitrogens is 2. The van der Waals surface area contributed by atoms with Gasteiger partial charge in [-0.1, -0.05) is 173 Å². The number of para-hydroxylation sites is 2. The number of nitrogen functional groups attached to an aromatic ring is 1. The Morgan fingerprint density at radius 2 is 0.671 bits per heavy atom. The highest BCUT2D eigenvalue weighted by atomic mass is 35.5. The van der Waals surface area contributed by atoms with E-state index in [1.165, 1.54) is 176 Å². The fourth-order valence-electron chi connectivity index (χ4n) is 10.9. The number of halogens is 8. The molecule has 16 rings (SSSR count). The van der Waals surface area contributed by atoms with Crippen LogP contribution in [-0.4, -0.2) is 76.0 Å². The smallest absolute Gasteiger partial charge is 0.415 e. The van der Waals surface area contributed by atoms with Gasteiger partial charge in [0.1, 0.15) is 11.5 Å². The van der Waals surface area contributed by atoms with Gasteiger partial charge in [-0.3, -0.25) is 45.6 Å². The number of pyridine rings is 2. The normalized spacial score (nSPS) is 10.4. The van der Waals surface area contributed by atoms with E-state index < -0.39 is 71.7 Å². The Labute approximate surface area is 873 Å². The van der Waals surface area contributed by atoms with E-state index in [0.717, 1.165) is 43.0 Å². The third kappa shape index (κ3) is 40.2. The topological polar surface area (TPSA) is 450 Å². The number of amides is 3. The van der Waals surface area contributed by atoms with Crippen molar-refractivity contribution in [3.8, 4) is 11.5 Å². The Kier molecular flexibility index (Phi) is 47.5.